The molecule has 162 valence electrons. The number of rotatable bonds is 5. The van der Waals surface area contributed by atoms with Gasteiger partial charge in [0, 0.05) is 4.98 Å². The average Bonchev–Trinajstić information content (AvgIpc) is 3.17. The van der Waals surface area contributed by atoms with Gasteiger partial charge in [0.25, 0.3) is 0 Å². The van der Waals surface area contributed by atoms with E-state index in [1.165, 1.54) is 18.3 Å². The lowest BCUT2D eigenvalue weighted by molar-refractivity contribution is -0.389. The summed E-state index contributed by atoms with van der Waals surface area (Å²) in [5, 5.41) is 10.8. The van der Waals surface area contributed by atoms with Gasteiger partial charge in [-0.2, -0.15) is 13.2 Å². The minimum atomic E-state index is -4.36. The lowest BCUT2D eigenvalue weighted by atomic mass is 10.0. The molecule has 0 fully saturated rings. The first-order chi connectivity index (χ1) is 14.7. The van der Waals surface area contributed by atoms with Crippen molar-refractivity contribution in [2.24, 2.45) is 0 Å². The Bertz CT molecular complexity index is 1080. The lowest BCUT2D eigenvalue weighted by Gasteiger charge is -2.26. The third-order valence-electron chi connectivity index (χ3n) is 5.04. The number of benzene rings is 2. The third-order valence-corrected chi connectivity index (χ3v) is 5.04. The molecular formula is C21H18F3N3O4. The topological polar surface area (TPSA) is 79.4 Å². The van der Waals surface area contributed by atoms with Gasteiger partial charge in [-0.3, -0.25) is 4.57 Å². The third kappa shape index (κ3) is 4.53. The van der Waals surface area contributed by atoms with Gasteiger partial charge in [-0.25, -0.2) is 0 Å². The smallest absolute Gasteiger partial charge is 0.416 e. The van der Waals surface area contributed by atoms with Gasteiger partial charge in [-0.15, -0.1) is 0 Å². The minimum Gasteiger partial charge on any atom is -0.443 e. The fourth-order valence-corrected chi connectivity index (χ4v) is 3.41. The Morgan fingerprint density at radius 2 is 1.77 bits per heavy atom. The molecule has 1 unspecified atom stereocenters. The first-order valence-electron chi connectivity index (χ1n) is 9.48. The van der Waals surface area contributed by atoms with E-state index in [4.69, 9.17) is 9.47 Å². The molecule has 2 atom stereocenters. The highest BCUT2D eigenvalue weighted by Crippen LogP contribution is 2.32. The lowest BCUT2D eigenvalue weighted by Crippen LogP contribution is -2.32. The van der Waals surface area contributed by atoms with Gasteiger partial charge in [0.15, 0.2) is 0 Å². The zero-order valence-corrected chi connectivity index (χ0v) is 16.4. The Balaban J connectivity index is 1.40. The minimum absolute atomic E-state index is 0.195. The van der Waals surface area contributed by atoms with Gasteiger partial charge in [0.2, 0.25) is 0 Å². The summed E-state index contributed by atoms with van der Waals surface area (Å²) in [6.07, 6.45) is -3.64. The van der Waals surface area contributed by atoms with Crippen LogP contribution in [0.3, 0.4) is 0 Å². The molecule has 10 heteroatoms. The van der Waals surface area contributed by atoms with Crippen molar-refractivity contribution in [1.82, 2.24) is 9.55 Å². The second kappa shape index (κ2) is 8.03. The summed E-state index contributed by atoms with van der Waals surface area (Å²) in [5.74, 6) is -0.275. The van der Waals surface area contributed by atoms with E-state index < -0.39 is 16.7 Å². The van der Waals surface area contributed by atoms with E-state index in [9.17, 15) is 23.3 Å². The van der Waals surface area contributed by atoms with E-state index in [2.05, 4.69) is 4.98 Å². The van der Waals surface area contributed by atoms with E-state index in [-0.39, 0.29) is 30.6 Å². The number of hydrogen-bond acceptors (Lipinski definition) is 5. The van der Waals surface area contributed by atoms with Gasteiger partial charge in [-0.05, 0) is 40.7 Å². The van der Waals surface area contributed by atoms with Crippen LogP contribution in [0.25, 0.3) is 11.1 Å². The van der Waals surface area contributed by atoms with E-state index in [0.717, 1.165) is 23.3 Å². The Morgan fingerprint density at radius 1 is 1.16 bits per heavy atom. The molecule has 0 saturated heterocycles. The normalized spacial score (nSPS) is 17.0. The standard InChI is InChI=1S/C21H18F3N3O4/c1-13(31-18-10-26-11-19(27(28)29)25-20(26)30-12-18)14-2-4-15(5-3-14)16-6-8-17(9-7-16)21(22,23)24/h2-9,11,13,18H,10,12H2,1H3/t13?,18-/m0/s1. The van der Waals surface area contributed by atoms with Crippen LogP contribution in [0.2, 0.25) is 0 Å². The van der Waals surface area contributed by atoms with Gasteiger partial charge in [-0.1, -0.05) is 36.4 Å². The number of hydrogen-bond donors (Lipinski definition) is 0. The van der Waals surface area contributed by atoms with Crippen molar-refractivity contribution >= 4 is 5.82 Å². The molecule has 0 amide bonds. The molecule has 0 N–H and O–H groups in total. The molecule has 0 aliphatic carbocycles. The number of ether oxygens (including phenoxy) is 2. The van der Waals surface area contributed by atoms with Crippen LogP contribution in [0, 0.1) is 10.1 Å². The molecule has 4 rings (SSSR count). The van der Waals surface area contributed by atoms with Crippen LogP contribution in [0.4, 0.5) is 19.0 Å². The maximum Gasteiger partial charge on any atom is 0.416 e. The van der Waals surface area contributed by atoms with Crippen molar-refractivity contribution in [3.63, 3.8) is 0 Å². The highest BCUT2D eigenvalue weighted by molar-refractivity contribution is 5.64. The number of aromatic nitrogens is 2. The van der Waals surface area contributed by atoms with E-state index in [1.54, 1.807) is 4.57 Å². The number of halogens is 3. The Hall–Kier alpha value is -3.40. The Labute approximate surface area is 175 Å². The molecule has 0 spiro atoms. The monoisotopic (exact) mass is 433 g/mol. The van der Waals surface area contributed by atoms with Crippen molar-refractivity contribution in [2.45, 2.75) is 31.9 Å². The molecule has 0 bridgehead atoms. The zero-order valence-electron chi connectivity index (χ0n) is 16.4. The van der Waals surface area contributed by atoms with Crippen LogP contribution >= 0.6 is 0 Å². The molecule has 0 saturated carbocycles. The number of nitrogens with zero attached hydrogens (tertiary/aromatic N) is 3. The molecule has 3 aromatic rings. The fraction of sp³-hybridized carbons (Fsp3) is 0.286. The molecule has 1 aromatic heterocycles. The van der Waals surface area contributed by atoms with Crippen LogP contribution < -0.4 is 4.74 Å². The van der Waals surface area contributed by atoms with Gasteiger partial charge in [0.05, 0.1) is 18.2 Å². The average molecular weight is 433 g/mol. The van der Waals surface area contributed by atoms with E-state index in [1.807, 2.05) is 31.2 Å². The first-order valence-corrected chi connectivity index (χ1v) is 9.48. The van der Waals surface area contributed by atoms with E-state index in [0.29, 0.717) is 12.1 Å². The summed E-state index contributed by atoms with van der Waals surface area (Å²) >= 11 is 0. The molecular weight excluding hydrogens is 415 g/mol. The number of imidazole rings is 1. The molecule has 7 nitrogen and oxygen atoms in total. The van der Waals surface area contributed by atoms with Crippen LogP contribution in [-0.2, 0) is 17.5 Å². The molecule has 31 heavy (non-hydrogen) atoms. The summed E-state index contributed by atoms with van der Waals surface area (Å²) in [5.41, 5.74) is 1.68. The first kappa shape index (κ1) is 20.9. The Morgan fingerprint density at radius 3 is 2.35 bits per heavy atom. The van der Waals surface area contributed by atoms with Gasteiger partial charge >= 0.3 is 18.0 Å². The summed E-state index contributed by atoms with van der Waals surface area (Å²) in [7, 11) is 0. The second-order valence-corrected chi connectivity index (χ2v) is 7.20. The highest BCUT2D eigenvalue weighted by Gasteiger charge is 2.30. The highest BCUT2D eigenvalue weighted by atomic mass is 19.4. The molecule has 1 aliphatic heterocycles. The maximum absolute atomic E-state index is 12.7. The van der Waals surface area contributed by atoms with Crippen LogP contribution in [-0.4, -0.2) is 27.2 Å². The summed E-state index contributed by atoms with van der Waals surface area (Å²) in [4.78, 5) is 14.1. The van der Waals surface area contributed by atoms with Crippen LogP contribution in [0.5, 0.6) is 6.01 Å². The summed E-state index contributed by atoms with van der Waals surface area (Å²) in [6, 6.07) is 12.6. The predicted molar refractivity (Wildman–Crippen MR) is 105 cm³/mol. The molecule has 2 aromatic carbocycles. The van der Waals surface area contributed by atoms with Crippen molar-refractivity contribution in [3.8, 4) is 17.1 Å². The summed E-state index contributed by atoms with van der Waals surface area (Å²) < 4.78 is 51.2. The quantitative estimate of drug-likeness (QED) is 0.417. The molecule has 2 heterocycles. The van der Waals surface area contributed by atoms with Crippen molar-refractivity contribution in [1.29, 1.82) is 0 Å². The molecule has 1 aliphatic rings. The maximum atomic E-state index is 12.7. The van der Waals surface area contributed by atoms with Crippen LogP contribution in [0.1, 0.15) is 24.2 Å². The number of alkyl halides is 3. The Kier molecular flexibility index (Phi) is 5.40. The largest absolute Gasteiger partial charge is 0.443 e. The number of fused-ring (bicyclic) bond motifs is 1. The zero-order chi connectivity index (χ0) is 22.2. The van der Waals surface area contributed by atoms with Gasteiger partial charge in [0.1, 0.15) is 18.9 Å². The predicted octanol–water partition coefficient (Wildman–Crippen LogP) is 5.02. The SMILES string of the molecule is CC(O[C@@H]1COc2nc([N+](=O)[O-])cn2C1)c1ccc(-c2ccc(C(F)(F)F)cc2)cc1. The summed E-state index contributed by atoms with van der Waals surface area (Å²) in [6.45, 7) is 2.48. The van der Waals surface area contributed by atoms with Crippen molar-refractivity contribution in [2.75, 3.05) is 6.61 Å². The van der Waals surface area contributed by atoms with Crippen molar-refractivity contribution < 1.29 is 27.6 Å². The fourth-order valence-electron chi connectivity index (χ4n) is 3.41. The van der Waals surface area contributed by atoms with E-state index >= 15 is 0 Å². The second-order valence-electron chi connectivity index (χ2n) is 7.20. The number of nitro groups is 1. The van der Waals surface area contributed by atoms with Crippen molar-refractivity contribution in [3.05, 3.63) is 76.0 Å². The van der Waals surface area contributed by atoms with Crippen LogP contribution in [0.15, 0.2) is 54.7 Å². The van der Waals surface area contributed by atoms with Gasteiger partial charge < -0.3 is 19.6 Å². The molecule has 0 radical (unpaired) electrons.